The van der Waals surface area contributed by atoms with E-state index < -0.39 is 0 Å². The van der Waals surface area contributed by atoms with Crippen molar-refractivity contribution in [2.24, 2.45) is 0 Å². The zero-order valence-corrected chi connectivity index (χ0v) is 37.7. The Hall–Kier alpha value is -2.33. The van der Waals surface area contributed by atoms with E-state index in [4.69, 9.17) is 66.3 Å². The van der Waals surface area contributed by atoms with Crippen molar-refractivity contribution in [2.75, 3.05) is 197 Å². The summed E-state index contributed by atoms with van der Waals surface area (Å²) in [5.74, 6) is 0.0359. The minimum absolute atomic E-state index is 0.0359. The molecular weight excluding hydrogens is 862 g/mol. The van der Waals surface area contributed by atoms with Crippen molar-refractivity contribution in [1.82, 2.24) is 4.90 Å². The van der Waals surface area contributed by atoms with Crippen LogP contribution < -0.4 is 0 Å². The van der Waals surface area contributed by atoms with E-state index in [1.807, 2.05) is 24.3 Å². The highest BCUT2D eigenvalue weighted by molar-refractivity contribution is 9.09. The molecule has 0 saturated carbocycles. The van der Waals surface area contributed by atoms with Crippen LogP contribution in [-0.4, -0.2) is 208 Å². The number of likely N-dealkylation sites (N-methyl/N-ethyl adjacent to an activating group) is 1. The summed E-state index contributed by atoms with van der Waals surface area (Å²) < 4.78 is 77.1. The van der Waals surface area contributed by atoms with Gasteiger partial charge in [-0.3, -0.25) is 0 Å². The van der Waals surface area contributed by atoms with Crippen LogP contribution in [0.15, 0.2) is 48.5 Å². The average Bonchev–Trinajstić information content (AvgIpc) is 3.60. The molecule has 0 aromatic heterocycles. The number of hydrogen-bond donors (Lipinski definition) is 0. The van der Waals surface area contributed by atoms with Crippen molar-refractivity contribution in [2.45, 2.75) is 5.92 Å². The lowest BCUT2D eigenvalue weighted by atomic mass is 9.98. The maximum Gasteiger partial charge on any atom is 0.409 e. The number of nitrogens with zero attached hydrogens (tertiary/aromatic N) is 1. The molecule has 3 rings (SSSR count). The number of halogens is 1. The summed E-state index contributed by atoms with van der Waals surface area (Å²) in [6, 6.07) is 16.6. The number of amides is 1. The van der Waals surface area contributed by atoms with E-state index in [1.54, 1.807) is 7.05 Å². The van der Waals surface area contributed by atoms with Gasteiger partial charge in [0.05, 0.1) is 172 Å². The van der Waals surface area contributed by atoms with Crippen molar-refractivity contribution < 1.29 is 71.1 Å². The first-order valence-electron chi connectivity index (χ1n) is 21.3. The molecule has 1 aliphatic rings. The summed E-state index contributed by atoms with van der Waals surface area (Å²) in [5.41, 5.74) is 4.79. The molecule has 0 fully saturated rings. The summed E-state index contributed by atoms with van der Waals surface area (Å²) in [6.07, 6.45) is -0.366. The van der Waals surface area contributed by atoms with Gasteiger partial charge in [0.25, 0.3) is 0 Å². The van der Waals surface area contributed by atoms with Gasteiger partial charge in [-0.25, -0.2) is 4.79 Å². The van der Waals surface area contributed by atoms with E-state index >= 15 is 0 Å². The molecule has 0 saturated heterocycles. The minimum atomic E-state index is -0.366. The van der Waals surface area contributed by atoms with E-state index in [9.17, 15) is 4.79 Å². The van der Waals surface area contributed by atoms with Gasteiger partial charge in [-0.2, -0.15) is 0 Å². The van der Waals surface area contributed by atoms with Crippen molar-refractivity contribution in [1.29, 1.82) is 0 Å². The van der Waals surface area contributed by atoms with Gasteiger partial charge in [-0.1, -0.05) is 64.5 Å². The first kappa shape index (κ1) is 53.0. The summed E-state index contributed by atoms with van der Waals surface area (Å²) in [7, 11) is 1.71. The summed E-state index contributed by atoms with van der Waals surface area (Å²) in [6.45, 7) is 13.8. The van der Waals surface area contributed by atoms with Gasteiger partial charge in [0.1, 0.15) is 6.61 Å². The average molecular weight is 933 g/mol. The van der Waals surface area contributed by atoms with Crippen LogP contribution in [0.25, 0.3) is 11.1 Å². The van der Waals surface area contributed by atoms with Crippen LogP contribution in [-0.2, 0) is 66.3 Å². The van der Waals surface area contributed by atoms with Gasteiger partial charge >= 0.3 is 6.09 Å². The molecule has 1 aliphatic carbocycles. The number of carbonyl (C=O) groups is 1. The number of benzene rings is 2. The van der Waals surface area contributed by atoms with Crippen LogP contribution in [0.4, 0.5) is 4.79 Å². The third-order valence-electron chi connectivity index (χ3n) is 8.90. The number of fused-ring (bicyclic) bond motifs is 3. The molecule has 0 radical (unpaired) electrons. The Morgan fingerprint density at radius 2 is 0.689 bits per heavy atom. The van der Waals surface area contributed by atoms with Crippen molar-refractivity contribution in [3.8, 4) is 11.1 Å². The van der Waals surface area contributed by atoms with Crippen LogP contribution in [0.5, 0.6) is 0 Å². The molecule has 1 amide bonds. The Kier molecular flexibility index (Phi) is 33.2. The SMILES string of the molecule is CN(CCOCCOCCOCCOCCOCCOCCOCCOCCOCCOCCOCCOCCOCCBr)C(=O)OCC1c2ccccc2-c2ccccc21. The van der Waals surface area contributed by atoms with Crippen LogP contribution >= 0.6 is 15.9 Å². The highest BCUT2D eigenvalue weighted by Crippen LogP contribution is 2.44. The summed E-state index contributed by atoms with van der Waals surface area (Å²) >= 11 is 3.30. The standard InChI is InChI=1S/C44H70BrNO15/c1-46(44(47)61-38-43-41-8-4-2-6-39(41)40-7-3-5-9-42(40)43)11-13-49-15-17-51-19-21-53-23-25-55-27-29-57-31-33-59-35-37-60-36-34-58-32-30-56-28-26-54-24-22-52-20-18-50-16-14-48-12-10-45/h2-9,43H,10-38H2,1H3. The Morgan fingerprint density at radius 1 is 0.426 bits per heavy atom. The molecule has 0 aliphatic heterocycles. The zero-order chi connectivity index (χ0) is 43.1. The minimum Gasteiger partial charge on any atom is -0.448 e. The largest absolute Gasteiger partial charge is 0.448 e. The molecule has 0 N–H and O–H groups in total. The lowest BCUT2D eigenvalue weighted by Crippen LogP contribution is -2.32. The van der Waals surface area contributed by atoms with E-state index in [1.165, 1.54) is 27.2 Å². The van der Waals surface area contributed by atoms with Crippen LogP contribution in [0.1, 0.15) is 17.0 Å². The van der Waals surface area contributed by atoms with Crippen LogP contribution in [0, 0.1) is 0 Å². The van der Waals surface area contributed by atoms with E-state index in [-0.39, 0.29) is 12.0 Å². The highest BCUT2D eigenvalue weighted by Gasteiger charge is 2.29. The van der Waals surface area contributed by atoms with E-state index in [2.05, 4.69) is 40.2 Å². The predicted molar refractivity (Wildman–Crippen MR) is 232 cm³/mol. The van der Waals surface area contributed by atoms with Crippen LogP contribution in [0.2, 0.25) is 0 Å². The van der Waals surface area contributed by atoms with E-state index in [0.717, 1.165) is 5.33 Å². The molecule has 0 heterocycles. The van der Waals surface area contributed by atoms with Crippen molar-refractivity contribution in [3.63, 3.8) is 0 Å². The lowest BCUT2D eigenvalue weighted by Gasteiger charge is -2.19. The second-order valence-electron chi connectivity index (χ2n) is 13.4. The molecular formula is C44H70BrNO15. The first-order valence-corrected chi connectivity index (χ1v) is 22.5. The number of rotatable bonds is 43. The molecule has 17 heteroatoms. The van der Waals surface area contributed by atoms with E-state index in [0.29, 0.717) is 185 Å². The molecule has 61 heavy (non-hydrogen) atoms. The summed E-state index contributed by atoms with van der Waals surface area (Å²) in [4.78, 5) is 14.2. The predicted octanol–water partition coefficient (Wildman–Crippen LogP) is 4.48. The van der Waals surface area contributed by atoms with Gasteiger partial charge in [-0.15, -0.1) is 0 Å². The fraction of sp³-hybridized carbons (Fsp3) is 0.705. The highest BCUT2D eigenvalue weighted by atomic mass is 79.9. The third kappa shape index (κ3) is 26.2. The zero-order valence-electron chi connectivity index (χ0n) is 36.2. The number of hydrogen-bond acceptors (Lipinski definition) is 15. The summed E-state index contributed by atoms with van der Waals surface area (Å²) in [5, 5.41) is 0.832. The smallest absolute Gasteiger partial charge is 0.409 e. The molecule has 0 spiro atoms. The van der Waals surface area contributed by atoms with Gasteiger partial charge < -0.3 is 71.2 Å². The van der Waals surface area contributed by atoms with Gasteiger partial charge in [0.2, 0.25) is 0 Å². The first-order chi connectivity index (χ1) is 30.2. The Labute approximate surface area is 371 Å². The number of ether oxygens (including phenoxy) is 14. The second kappa shape index (κ2) is 38.2. The molecule has 0 unspecified atom stereocenters. The number of alkyl halides is 1. The maximum atomic E-state index is 12.6. The monoisotopic (exact) mass is 931 g/mol. The molecule has 0 bridgehead atoms. The fourth-order valence-corrected chi connectivity index (χ4v) is 6.02. The van der Waals surface area contributed by atoms with Gasteiger partial charge in [0.15, 0.2) is 0 Å². The lowest BCUT2D eigenvalue weighted by molar-refractivity contribution is -0.0290. The molecule has 16 nitrogen and oxygen atoms in total. The quantitative estimate of drug-likeness (QED) is 0.0680. The van der Waals surface area contributed by atoms with Crippen LogP contribution in [0.3, 0.4) is 0 Å². The second-order valence-corrected chi connectivity index (χ2v) is 14.2. The molecule has 2 aromatic rings. The van der Waals surface area contributed by atoms with Gasteiger partial charge in [0, 0.05) is 24.8 Å². The topological polar surface area (TPSA) is 150 Å². The molecule has 0 atom stereocenters. The Morgan fingerprint density at radius 3 is 0.984 bits per heavy atom. The third-order valence-corrected chi connectivity index (χ3v) is 9.23. The van der Waals surface area contributed by atoms with Crippen molar-refractivity contribution in [3.05, 3.63) is 59.7 Å². The molecule has 348 valence electrons. The maximum absolute atomic E-state index is 12.6. The Balaban J connectivity index is 0.935. The molecule has 2 aromatic carbocycles. The van der Waals surface area contributed by atoms with Crippen molar-refractivity contribution >= 4 is 22.0 Å². The fourth-order valence-electron chi connectivity index (χ4n) is 5.79. The van der Waals surface area contributed by atoms with Gasteiger partial charge in [-0.05, 0) is 22.3 Å². The Bertz CT molecular complexity index is 1290. The normalized spacial score (nSPS) is 12.2. The number of carbonyl (C=O) groups excluding carboxylic acids is 1.